The molecule has 2 aromatic heterocycles. The molecule has 0 unspecified atom stereocenters. The molecule has 0 saturated carbocycles. The van der Waals surface area contributed by atoms with Crippen molar-refractivity contribution in [3.8, 4) is 5.82 Å². The minimum atomic E-state index is 0. The molecule has 1 fully saturated rings. The average molecular weight is 344 g/mol. The predicted molar refractivity (Wildman–Crippen MR) is 89.2 cm³/mol. The van der Waals surface area contributed by atoms with E-state index in [9.17, 15) is 4.79 Å². The van der Waals surface area contributed by atoms with Gasteiger partial charge in [-0.1, -0.05) is 0 Å². The predicted octanol–water partition coefficient (Wildman–Crippen LogP) is 1.54. The zero-order valence-electron chi connectivity index (χ0n) is 12.2. The maximum atomic E-state index is 12.6. The summed E-state index contributed by atoms with van der Waals surface area (Å²) >= 11 is 0. The van der Waals surface area contributed by atoms with Gasteiger partial charge in [-0.15, -0.1) is 24.8 Å². The standard InChI is InChI=1S/C14H17N5O.2ClH/c1-11-10-15-6-8-18(11)14(20)12-3-5-16-13(9-12)19-7-2-4-17-19;;/h2-5,7,9,11,15H,6,8,10H2,1H3;2*1H/t11-;;/m1../s1. The molecule has 1 aliphatic rings. The monoisotopic (exact) mass is 343 g/mol. The third kappa shape index (κ3) is 3.76. The van der Waals surface area contributed by atoms with Gasteiger partial charge in [0, 0.05) is 49.8 Å². The summed E-state index contributed by atoms with van der Waals surface area (Å²) in [4.78, 5) is 18.7. The normalized spacial score (nSPS) is 17.3. The minimum Gasteiger partial charge on any atom is -0.333 e. The van der Waals surface area contributed by atoms with Crippen LogP contribution >= 0.6 is 24.8 Å². The van der Waals surface area contributed by atoms with Gasteiger partial charge in [0.1, 0.15) is 0 Å². The van der Waals surface area contributed by atoms with Gasteiger partial charge >= 0.3 is 0 Å². The van der Waals surface area contributed by atoms with Gasteiger partial charge in [0.05, 0.1) is 0 Å². The zero-order chi connectivity index (χ0) is 13.9. The molecular weight excluding hydrogens is 325 g/mol. The second-order valence-corrected chi connectivity index (χ2v) is 4.91. The number of nitrogens with zero attached hydrogens (tertiary/aromatic N) is 4. The Balaban J connectivity index is 0.00000121. The summed E-state index contributed by atoms with van der Waals surface area (Å²) in [5.74, 6) is 0.707. The van der Waals surface area contributed by atoms with Crippen LogP contribution in [0.5, 0.6) is 0 Å². The Morgan fingerprint density at radius 3 is 2.86 bits per heavy atom. The first-order chi connectivity index (χ1) is 9.75. The summed E-state index contributed by atoms with van der Waals surface area (Å²) < 4.78 is 1.65. The highest BCUT2D eigenvalue weighted by molar-refractivity contribution is 5.94. The molecule has 1 saturated heterocycles. The number of rotatable bonds is 2. The Kier molecular flexibility index (Phi) is 6.80. The van der Waals surface area contributed by atoms with Crippen LogP contribution < -0.4 is 5.32 Å². The fourth-order valence-corrected chi connectivity index (χ4v) is 2.39. The molecule has 8 heteroatoms. The largest absolute Gasteiger partial charge is 0.333 e. The number of carbonyl (C=O) groups excluding carboxylic acids is 1. The third-order valence-corrected chi connectivity index (χ3v) is 3.49. The summed E-state index contributed by atoms with van der Waals surface area (Å²) in [6.45, 7) is 4.47. The average Bonchev–Trinajstić information content (AvgIpc) is 3.01. The van der Waals surface area contributed by atoms with Crippen LogP contribution in [0.25, 0.3) is 5.82 Å². The molecule has 6 nitrogen and oxygen atoms in total. The molecule has 0 aromatic carbocycles. The summed E-state index contributed by atoms with van der Waals surface area (Å²) in [6, 6.07) is 5.57. The van der Waals surface area contributed by atoms with E-state index in [1.807, 2.05) is 17.2 Å². The fraction of sp³-hybridized carbons (Fsp3) is 0.357. The first-order valence-electron chi connectivity index (χ1n) is 6.73. The van der Waals surface area contributed by atoms with Crippen molar-refractivity contribution in [1.82, 2.24) is 25.0 Å². The second kappa shape index (κ2) is 8.12. The molecule has 22 heavy (non-hydrogen) atoms. The topological polar surface area (TPSA) is 63.1 Å². The van der Waals surface area contributed by atoms with Gasteiger partial charge in [-0.05, 0) is 25.1 Å². The second-order valence-electron chi connectivity index (χ2n) is 4.91. The van der Waals surface area contributed by atoms with Crippen LogP contribution in [0.15, 0.2) is 36.8 Å². The van der Waals surface area contributed by atoms with Gasteiger partial charge in [0.25, 0.3) is 5.91 Å². The summed E-state index contributed by atoms with van der Waals surface area (Å²) in [7, 11) is 0. The lowest BCUT2D eigenvalue weighted by atomic mass is 10.1. The quantitative estimate of drug-likeness (QED) is 0.898. The van der Waals surface area contributed by atoms with Gasteiger partial charge in [0.15, 0.2) is 5.82 Å². The van der Waals surface area contributed by atoms with E-state index in [4.69, 9.17) is 0 Å². The van der Waals surface area contributed by atoms with Gasteiger partial charge in [0.2, 0.25) is 0 Å². The van der Waals surface area contributed by atoms with Crippen LogP contribution in [0, 0.1) is 0 Å². The van der Waals surface area contributed by atoms with Crippen molar-refractivity contribution in [2.24, 2.45) is 0 Å². The molecule has 0 radical (unpaired) electrons. The van der Waals surface area contributed by atoms with Crippen molar-refractivity contribution >= 4 is 30.7 Å². The number of amides is 1. The van der Waals surface area contributed by atoms with Crippen LogP contribution in [-0.2, 0) is 0 Å². The Labute approximate surface area is 141 Å². The van der Waals surface area contributed by atoms with Crippen molar-refractivity contribution < 1.29 is 4.79 Å². The molecular formula is C14H19Cl2N5O. The molecule has 3 rings (SSSR count). The summed E-state index contributed by atoms with van der Waals surface area (Å²) in [5, 5.41) is 7.42. The maximum Gasteiger partial charge on any atom is 0.254 e. The highest BCUT2D eigenvalue weighted by atomic mass is 35.5. The number of piperazine rings is 1. The van der Waals surface area contributed by atoms with Crippen LogP contribution in [0.4, 0.5) is 0 Å². The van der Waals surface area contributed by atoms with E-state index in [1.54, 1.807) is 29.2 Å². The van der Waals surface area contributed by atoms with E-state index < -0.39 is 0 Å². The van der Waals surface area contributed by atoms with E-state index in [0.717, 1.165) is 19.6 Å². The lowest BCUT2D eigenvalue weighted by molar-refractivity contribution is 0.0655. The minimum absolute atomic E-state index is 0. The van der Waals surface area contributed by atoms with E-state index >= 15 is 0 Å². The van der Waals surface area contributed by atoms with Gasteiger partial charge < -0.3 is 10.2 Å². The molecule has 1 aliphatic heterocycles. The number of nitrogens with one attached hydrogen (secondary N) is 1. The van der Waals surface area contributed by atoms with Crippen LogP contribution in [0.2, 0.25) is 0 Å². The van der Waals surface area contributed by atoms with Crippen LogP contribution in [-0.4, -0.2) is 51.2 Å². The number of carbonyl (C=O) groups is 1. The highest BCUT2D eigenvalue weighted by Crippen LogP contribution is 2.12. The summed E-state index contributed by atoms with van der Waals surface area (Å²) in [6.07, 6.45) is 5.15. The van der Waals surface area contributed by atoms with Crippen molar-refractivity contribution in [3.63, 3.8) is 0 Å². The third-order valence-electron chi connectivity index (χ3n) is 3.49. The molecule has 3 heterocycles. The van der Waals surface area contributed by atoms with Crippen LogP contribution in [0.3, 0.4) is 0 Å². The number of pyridine rings is 1. The molecule has 0 aliphatic carbocycles. The maximum absolute atomic E-state index is 12.6. The molecule has 2 aromatic rings. The molecule has 1 amide bonds. The number of aromatic nitrogens is 3. The van der Waals surface area contributed by atoms with Crippen molar-refractivity contribution in [2.45, 2.75) is 13.0 Å². The van der Waals surface area contributed by atoms with E-state index in [-0.39, 0.29) is 36.8 Å². The number of hydrogen-bond acceptors (Lipinski definition) is 4. The Bertz CT molecular complexity index is 605. The number of halogens is 2. The molecule has 0 spiro atoms. The zero-order valence-corrected chi connectivity index (χ0v) is 13.8. The molecule has 1 atom stereocenters. The summed E-state index contributed by atoms with van der Waals surface area (Å²) in [5.41, 5.74) is 0.652. The van der Waals surface area contributed by atoms with E-state index in [1.165, 1.54) is 0 Å². The van der Waals surface area contributed by atoms with Crippen LogP contribution in [0.1, 0.15) is 17.3 Å². The Morgan fingerprint density at radius 1 is 1.36 bits per heavy atom. The molecule has 1 N–H and O–H groups in total. The Hall–Kier alpha value is -1.63. The van der Waals surface area contributed by atoms with E-state index in [0.29, 0.717) is 11.4 Å². The lowest BCUT2D eigenvalue weighted by Crippen LogP contribution is -2.52. The first-order valence-corrected chi connectivity index (χ1v) is 6.73. The van der Waals surface area contributed by atoms with Crippen molar-refractivity contribution in [1.29, 1.82) is 0 Å². The van der Waals surface area contributed by atoms with Gasteiger partial charge in [-0.2, -0.15) is 5.10 Å². The number of hydrogen-bond donors (Lipinski definition) is 1. The van der Waals surface area contributed by atoms with Crippen molar-refractivity contribution in [3.05, 3.63) is 42.4 Å². The van der Waals surface area contributed by atoms with E-state index in [2.05, 4.69) is 22.3 Å². The molecule has 120 valence electrons. The smallest absolute Gasteiger partial charge is 0.254 e. The molecule has 0 bridgehead atoms. The SMILES string of the molecule is C[C@@H]1CNCCN1C(=O)c1ccnc(-n2cccn2)c1.Cl.Cl. The highest BCUT2D eigenvalue weighted by Gasteiger charge is 2.24. The van der Waals surface area contributed by atoms with Gasteiger partial charge in [-0.25, -0.2) is 9.67 Å². The van der Waals surface area contributed by atoms with Crippen molar-refractivity contribution in [2.75, 3.05) is 19.6 Å². The fourth-order valence-electron chi connectivity index (χ4n) is 2.39. The lowest BCUT2D eigenvalue weighted by Gasteiger charge is -2.34. The van der Waals surface area contributed by atoms with Gasteiger partial charge in [-0.3, -0.25) is 4.79 Å². The Morgan fingerprint density at radius 2 is 2.18 bits per heavy atom. The first kappa shape index (κ1) is 18.4.